The van der Waals surface area contributed by atoms with Gasteiger partial charge in [0.05, 0.1) is 15.5 Å². The number of halogens is 1. The minimum atomic E-state index is -3.82. The summed E-state index contributed by atoms with van der Waals surface area (Å²) in [5.74, 6) is -0.607. The molecule has 0 fully saturated rings. The lowest BCUT2D eigenvalue weighted by Crippen LogP contribution is -2.26. The van der Waals surface area contributed by atoms with Gasteiger partial charge in [0.15, 0.2) is 0 Å². The highest BCUT2D eigenvalue weighted by Gasteiger charge is 2.22. The van der Waals surface area contributed by atoms with E-state index in [9.17, 15) is 17.6 Å². The fraction of sp³-hybridized carbons (Fsp3) is 0.292. The molecule has 32 heavy (non-hydrogen) atoms. The van der Waals surface area contributed by atoms with E-state index in [1.807, 2.05) is 6.07 Å². The molecule has 3 aromatic rings. The molecular weight excluding hydrogens is 447 g/mol. The summed E-state index contributed by atoms with van der Waals surface area (Å²) in [6.45, 7) is 0.614. The van der Waals surface area contributed by atoms with E-state index in [0.717, 1.165) is 45.8 Å². The van der Waals surface area contributed by atoms with Crippen molar-refractivity contribution in [1.29, 1.82) is 0 Å². The predicted molar refractivity (Wildman–Crippen MR) is 127 cm³/mol. The van der Waals surface area contributed by atoms with Crippen molar-refractivity contribution < 1.29 is 17.6 Å². The summed E-state index contributed by atoms with van der Waals surface area (Å²) < 4.78 is 41.0. The number of carbonyl (C=O) groups excluding carboxylic acids is 1. The van der Waals surface area contributed by atoms with Gasteiger partial charge in [-0.1, -0.05) is 11.6 Å². The third-order valence-electron chi connectivity index (χ3n) is 5.68. The van der Waals surface area contributed by atoms with Gasteiger partial charge >= 0.3 is 0 Å². The molecule has 0 atom stereocenters. The molecule has 1 heterocycles. The van der Waals surface area contributed by atoms with E-state index >= 15 is 0 Å². The van der Waals surface area contributed by atoms with Crippen LogP contribution in [0.15, 0.2) is 65.1 Å². The Balaban J connectivity index is 1.48. The lowest BCUT2D eigenvalue weighted by Gasteiger charge is -2.19. The third-order valence-corrected chi connectivity index (χ3v) is 8.59. The van der Waals surface area contributed by atoms with E-state index in [0.29, 0.717) is 17.1 Å². The second-order valence-electron chi connectivity index (χ2n) is 7.87. The number of amides is 1. The zero-order valence-corrected chi connectivity index (χ0v) is 19.4. The smallest absolute Gasteiger partial charge is 0.264 e. The standard InChI is InChI=1S/C24H25FN2O3S2/c1-27(32(29,30)21-10-7-19(25)8-11-21)20-9-12-22-18(15-20)16-23(31-22)24(28)26-14-13-17-5-3-2-4-6-17/h5,7-12,15-16H,2-4,6,13-14H2,1H3,(H,26,28). The van der Waals surface area contributed by atoms with Gasteiger partial charge in [-0.25, -0.2) is 12.8 Å². The molecular formula is C24H25FN2O3S2. The van der Waals surface area contributed by atoms with Crippen LogP contribution in [-0.2, 0) is 10.0 Å². The van der Waals surface area contributed by atoms with Gasteiger partial charge < -0.3 is 5.32 Å². The van der Waals surface area contributed by atoms with Crippen molar-refractivity contribution in [2.24, 2.45) is 0 Å². The summed E-state index contributed by atoms with van der Waals surface area (Å²) in [6.07, 6.45) is 7.90. The quantitative estimate of drug-likeness (QED) is 0.463. The molecule has 0 spiro atoms. The maximum absolute atomic E-state index is 13.2. The van der Waals surface area contributed by atoms with Gasteiger partial charge in [-0.2, -0.15) is 0 Å². The zero-order chi connectivity index (χ0) is 22.7. The molecule has 1 aliphatic rings. The number of thiophene rings is 1. The summed E-state index contributed by atoms with van der Waals surface area (Å²) in [5.41, 5.74) is 1.89. The van der Waals surface area contributed by atoms with Gasteiger partial charge in [0.25, 0.3) is 15.9 Å². The molecule has 0 radical (unpaired) electrons. The van der Waals surface area contributed by atoms with Crippen molar-refractivity contribution in [3.63, 3.8) is 0 Å². The number of benzene rings is 2. The van der Waals surface area contributed by atoms with Crippen molar-refractivity contribution in [2.45, 2.75) is 37.0 Å². The molecule has 0 bridgehead atoms. The fourth-order valence-electron chi connectivity index (χ4n) is 3.80. The number of rotatable bonds is 7. The Kier molecular flexibility index (Phi) is 6.62. The lowest BCUT2D eigenvalue weighted by atomic mass is 9.97. The van der Waals surface area contributed by atoms with Gasteiger partial charge in [0.2, 0.25) is 0 Å². The van der Waals surface area contributed by atoms with E-state index in [2.05, 4.69) is 11.4 Å². The fourth-order valence-corrected chi connectivity index (χ4v) is 5.94. The van der Waals surface area contributed by atoms with Crippen LogP contribution in [0.2, 0.25) is 0 Å². The first-order valence-corrected chi connectivity index (χ1v) is 12.8. The Hall–Kier alpha value is -2.71. The van der Waals surface area contributed by atoms with Crippen LogP contribution in [0.25, 0.3) is 10.1 Å². The first-order chi connectivity index (χ1) is 15.3. The maximum Gasteiger partial charge on any atom is 0.264 e. The number of allylic oxidation sites excluding steroid dienone is 1. The van der Waals surface area contributed by atoms with Gasteiger partial charge in [-0.05, 0) is 86.0 Å². The van der Waals surface area contributed by atoms with Crippen LogP contribution >= 0.6 is 11.3 Å². The highest BCUT2D eigenvalue weighted by Crippen LogP contribution is 2.31. The Bertz CT molecular complexity index is 1260. The number of hydrogen-bond donors (Lipinski definition) is 1. The summed E-state index contributed by atoms with van der Waals surface area (Å²) in [4.78, 5) is 13.2. The predicted octanol–water partition coefficient (Wildman–Crippen LogP) is 5.49. The molecule has 1 N–H and O–H groups in total. The second-order valence-corrected chi connectivity index (χ2v) is 10.9. The first-order valence-electron chi connectivity index (χ1n) is 10.6. The number of nitrogens with one attached hydrogen (secondary N) is 1. The molecule has 0 aliphatic heterocycles. The lowest BCUT2D eigenvalue weighted by molar-refractivity contribution is 0.0958. The second kappa shape index (κ2) is 9.42. The molecule has 0 unspecified atom stereocenters. The Labute approximate surface area is 191 Å². The van der Waals surface area contributed by atoms with Gasteiger partial charge in [-0.15, -0.1) is 11.3 Å². The van der Waals surface area contributed by atoms with Crippen molar-refractivity contribution in [3.05, 3.63) is 70.9 Å². The van der Waals surface area contributed by atoms with Crippen molar-refractivity contribution in [1.82, 2.24) is 5.32 Å². The third kappa shape index (κ3) is 4.86. The maximum atomic E-state index is 13.2. The van der Waals surface area contributed by atoms with Gasteiger partial charge in [0, 0.05) is 18.3 Å². The van der Waals surface area contributed by atoms with Crippen molar-refractivity contribution in [3.8, 4) is 0 Å². The van der Waals surface area contributed by atoms with Crippen molar-refractivity contribution in [2.75, 3.05) is 17.9 Å². The first kappa shape index (κ1) is 22.5. The van der Waals surface area contributed by atoms with E-state index < -0.39 is 15.8 Å². The molecule has 8 heteroatoms. The molecule has 1 aliphatic carbocycles. The Morgan fingerprint density at radius 3 is 2.62 bits per heavy atom. The average Bonchev–Trinajstić information content (AvgIpc) is 3.23. The Morgan fingerprint density at radius 2 is 1.91 bits per heavy atom. The van der Waals surface area contributed by atoms with Gasteiger partial charge in [0.1, 0.15) is 5.82 Å². The Morgan fingerprint density at radius 1 is 1.12 bits per heavy atom. The molecule has 0 saturated heterocycles. The summed E-state index contributed by atoms with van der Waals surface area (Å²) in [7, 11) is -2.37. The molecule has 4 rings (SSSR count). The van der Waals surface area contributed by atoms with Crippen LogP contribution in [0, 0.1) is 5.82 Å². The van der Waals surface area contributed by atoms with Crippen molar-refractivity contribution >= 4 is 43.0 Å². The van der Waals surface area contributed by atoms with Crippen LogP contribution in [0.1, 0.15) is 41.8 Å². The highest BCUT2D eigenvalue weighted by atomic mass is 32.2. The van der Waals surface area contributed by atoms with Crippen LogP contribution in [-0.4, -0.2) is 27.9 Å². The minimum Gasteiger partial charge on any atom is -0.351 e. The van der Waals surface area contributed by atoms with E-state index in [1.54, 1.807) is 18.2 Å². The molecule has 168 valence electrons. The minimum absolute atomic E-state index is 0.0139. The van der Waals surface area contributed by atoms with Gasteiger partial charge in [-0.3, -0.25) is 9.10 Å². The monoisotopic (exact) mass is 472 g/mol. The SMILES string of the molecule is CN(c1ccc2sc(C(=O)NCCC3=CCCCC3)cc2c1)S(=O)(=O)c1ccc(F)cc1. The summed E-state index contributed by atoms with van der Waals surface area (Å²) in [5, 5.41) is 3.79. The van der Waals surface area contributed by atoms with Crippen LogP contribution in [0.4, 0.5) is 10.1 Å². The summed E-state index contributed by atoms with van der Waals surface area (Å²) >= 11 is 1.38. The van der Waals surface area contributed by atoms with Crippen LogP contribution in [0.5, 0.6) is 0 Å². The van der Waals surface area contributed by atoms with E-state index in [1.165, 1.54) is 48.9 Å². The van der Waals surface area contributed by atoms with E-state index in [4.69, 9.17) is 0 Å². The number of fused-ring (bicyclic) bond motifs is 1. The molecule has 5 nitrogen and oxygen atoms in total. The molecule has 1 amide bonds. The molecule has 0 saturated carbocycles. The zero-order valence-electron chi connectivity index (χ0n) is 17.8. The number of nitrogens with zero attached hydrogens (tertiary/aromatic N) is 1. The van der Waals surface area contributed by atoms with Crippen LogP contribution < -0.4 is 9.62 Å². The number of anilines is 1. The van der Waals surface area contributed by atoms with Crippen LogP contribution in [0.3, 0.4) is 0 Å². The largest absolute Gasteiger partial charge is 0.351 e. The molecule has 1 aromatic heterocycles. The normalized spacial score (nSPS) is 14.2. The average molecular weight is 473 g/mol. The number of hydrogen-bond acceptors (Lipinski definition) is 4. The number of carbonyl (C=O) groups is 1. The highest BCUT2D eigenvalue weighted by molar-refractivity contribution is 7.92. The van der Waals surface area contributed by atoms with E-state index in [-0.39, 0.29) is 10.8 Å². The summed E-state index contributed by atoms with van der Waals surface area (Å²) in [6, 6.07) is 11.8. The topological polar surface area (TPSA) is 66.5 Å². The molecule has 2 aromatic carbocycles. The number of sulfonamides is 1.